The van der Waals surface area contributed by atoms with Crippen molar-refractivity contribution in [3.05, 3.63) is 35.9 Å². The Balaban J connectivity index is -0.000000245. The molecule has 1 aromatic rings. The predicted molar refractivity (Wildman–Crippen MR) is 51.3 cm³/mol. The minimum absolute atomic E-state index is 0. The van der Waals surface area contributed by atoms with Crippen molar-refractivity contribution in [1.82, 2.24) is 0 Å². The van der Waals surface area contributed by atoms with Crippen LogP contribution >= 0.6 is 0 Å². The first-order chi connectivity index (χ1) is 6.49. The van der Waals surface area contributed by atoms with Gasteiger partial charge in [-0.15, -0.1) is 0 Å². The number of benzene rings is 1. The predicted octanol–water partition coefficient (Wildman–Crippen LogP) is -4.65. The molecule has 16 heavy (non-hydrogen) atoms. The van der Waals surface area contributed by atoms with E-state index in [-0.39, 0.29) is 56.8 Å². The zero-order valence-corrected chi connectivity index (χ0v) is 11.6. The van der Waals surface area contributed by atoms with E-state index in [0.717, 1.165) is 0 Å². The smallest absolute Gasteiger partial charge is 1.00 e. The Morgan fingerprint density at radius 3 is 1.81 bits per heavy atom. The van der Waals surface area contributed by atoms with Crippen molar-refractivity contribution in [2.24, 2.45) is 0 Å². The zero-order valence-electron chi connectivity index (χ0n) is 11.6. The summed E-state index contributed by atoms with van der Waals surface area (Å²) in [7, 11) is 0. The van der Waals surface area contributed by atoms with E-state index in [0.29, 0.717) is 0 Å². The molecule has 0 spiro atoms. The van der Waals surface area contributed by atoms with Gasteiger partial charge in [0.05, 0.1) is 0 Å². The van der Waals surface area contributed by atoms with Crippen LogP contribution in [0.2, 0.25) is 0 Å². The van der Waals surface area contributed by atoms with Gasteiger partial charge in [-0.05, 0) is 12.5 Å². The Hall–Kier alpha value is -0.243. The Kier molecular flexibility index (Phi) is 8.11. The van der Waals surface area contributed by atoms with Crippen LogP contribution < -0.4 is 48.4 Å². The first kappa shape index (κ1) is 18.1. The second-order valence-corrected chi connectivity index (χ2v) is 3.10. The van der Waals surface area contributed by atoms with E-state index in [4.69, 9.17) is 10.2 Å². The molecule has 1 aromatic carbocycles. The van der Waals surface area contributed by atoms with Crippen molar-refractivity contribution in [2.45, 2.75) is 12.3 Å². The summed E-state index contributed by atoms with van der Waals surface area (Å²) >= 11 is 0. The van der Waals surface area contributed by atoms with Crippen molar-refractivity contribution in [2.75, 3.05) is 0 Å². The monoisotopic (exact) mass is 226 g/mol. The fraction of sp³-hybridized carbons (Fsp3) is 0.200. The molecular formula is C10H12LiNaO4. The van der Waals surface area contributed by atoms with Gasteiger partial charge in [-0.25, -0.2) is 0 Å². The van der Waals surface area contributed by atoms with Gasteiger partial charge in [0.1, 0.15) is 0 Å². The molecule has 0 amide bonds. The van der Waals surface area contributed by atoms with Crippen LogP contribution in [0.25, 0.3) is 0 Å². The third-order valence-corrected chi connectivity index (χ3v) is 2.21. The van der Waals surface area contributed by atoms with Crippen LogP contribution in [0, 0.1) is 0 Å². The maximum absolute atomic E-state index is 10.9. The van der Waals surface area contributed by atoms with E-state index in [2.05, 4.69) is 0 Å². The fourth-order valence-electron chi connectivity index (χ4n) is 1.11. The van der Waals surface area contributed by atoms with Crippen LogP contribution in [0.1, 0.15) is 15.3 Å². The molecule has 0 bridgehead atoms. The maximum atomic E-state index is 10.9. The Bertz CT molecular complexity index is 361. The molecule has 0 saturated carbocycles. The van der Waals surface area contributed by atoms with Gasteiger partial charge in [-0.1, -0.05) is 30.3 Å². The summed E-state index contributed by atoms with van der Waals surface area (Å²) in [5.74, 6) is -2.73. The Morgan fingerprint density at radius 2 is 1.50 bits per heavy atom. The molecular weight excluding hydrogens is 214 g/mol. The van der Waals surface area contributed by atoms with Gasteiger partial charge >= 0.3 is 60.4 Å². The standard InChI is InChI=1S/C10H10O4.Li.Na.2H/c1-10(8(11)12,9(13)14)7-5-3-2-4-6-7;;;;/h2-6H,1H3,(H,11,12)(H,13,14);;;;/q;2*+1;2*-1. The zero-order chi connectivity index (χ0) is 10.8. The van der Waals surface area contributed by atoms with E-state index in [1.54, 1.807) is 18.2 Å². The molecule has 0 saturated heterocycles. The van der Waals surface area contributed by atoms with Gasteiger partial charge in [-0.3, -0.25) is 9.59 Å². The first-order valence-electron chi connectivity index (χ1n) is 4.02. The average Bonchev–Trinajstić information content (AvgIpc) is 2.17. The minimum Gasteiger partial charge on any atom is -1.00 e. The summed E-state index contributed by atoms with van der Waals surface area (Å²) in [4.78, 5) is 21.8. The molecule has 0 aliphatic carbocycles. The van der Waals surface area contributed by atoms with Crippen LogP contribution in [0.5, 0.6) is 0 Å². The Morgan fingerprint density at radius 1 is 1.12 bits per heavy atom. The van der Waals surface area contributed by atoms with E-state index < -0.39 is 17.4 Å². The summed E-state index contributed by atoms with van der Waals surface area (Å²) in [5, 5.41) is 17.8. The van der Waals surface area contributed by atoms with Crippen LogP contribution in [-0.2, 0) is 15.0 Å². The molecule has 0 aromatic heterocycles. The Labute approximate surface area is 130 Å². The number of rotatable bonds is 3. The minimum atomic E-state index is -1.87. The number of carboxylic acid groups (broad SMARTS) is 2. The molecule has 0 aliphatic heterocycles. The third kappa shape index (κ3) is 3.37. The number of carboxylic acids is 2. The van der Waals surface area contributed by atoms with Gasteiger partial charge in [0.2, 0.25) is 0 Å². The van der Waals surface area contributed by atoms with Crippen molar-refractivity contribution < 1.29 is 71.1 Å². The molecule has 6 heteroatoms. The van der Waals surface area contributed by atoms with Crippen molar-refractivity contribution >= 4 is 11.9 Å². The van der Waals surface area contributed by atoms with Crippen molar-refractivity contribution in [3.63, 3.8) is 0 Å². The number of hydrogen-bond acceptors (Lipinski definition) is 2. The average molecular weight is 226 g/mol. The summed E-state index contributed by atoms with van der Waals surface area (Å²) < 4.78 is 0. The molecule has 0 radical (unpaired) electrons. The normalized spacial score (nSPS) is 9.56. The summed E-state index contributed by atoms with van der Waals surface area (Å²) in [5.41, 5.74) is -1.61. The van der Waals surface area contributed by atoms with E-state index in [1.165, 1.54) is 19.1 Å². The summed E-state index contributed by atoms with van der Waals surface area (Å²) in [6.45, 7) is 1.17. The summed E-state index contributed by atoms with van der Waals surface area (Å²) in [6.07, 6.45) is 0. The van der Waals surface area contributed by atoms with Gasteiger partial charge in [0.25, 0.3) is 0 Å². The number of aliphatic carboxylic acids is 2. The topological polar surface area (TPSA) is 74.6 Å². The first-order valence-corrected chi connectivity index (χ1v) is 4.02. The SMILES string of the molecule is CC(C(=O)O)(C(=O)O)c1ccccc1.[H-].[H-].[Li+].[Na+]. The second-order valence-electron chi connectivity index (χ2n) is 3.10. The molecule has 2 N–H and O–H groups in total. The van der Waals surface area contributed by atoms with Crippen molar-refractivity contribution in [1.29, 1.82) is 0 Å². The van der Waals surface area contributed by atoms with Crippen LogP contribution in [0.3, 0.4) is 0 Å². The van der Waals surface area contributed by atoms with Gasteiger partial charge in [-0.2, -0.15) is 0 Å². The van der Waals surface area contributed by atoms with E-state index in [9.17, 15) is 9.59 Å². The quantitative estimate of drug-likeness (QED) is 0.401. The molecule has 0 fully saturated rings. The molecule has 4 nitrogen and oxygen atoms in total. The van der Waals surface area contributed by atoms with Crippen molar-refractivity contribution in [3.8, 4) is 0 Å². The van der Waals surface area contributed by atoms with Gasteiger partial charge < -0.3 is 13.1 Å². The number of carbonyl (C=O) groups is 2. The second kappa shape index (κ2) is 7.16. The molecule has 0 heterocycles. The van der Waals surface area contributed by atoms with Crippen LogP contribution in [0.15, 0.2) is 30.3 Å². The maximum Gasteiger partial charge on any atom is 1.00 e. The molecule has 1 rings (SSSR count). The van der Waals surface area contributed by atoms with E-state index >= 15 is 0 Å². The summed E-state index contributed by atoms with van der Waals surface area (Å²) in [6, 6.07) is 7.90. The molecule has 0 aliphatic rings. The molecule has 78 valence electrons. The fourth-order valence-corrected chi connectivity index (χ4v) is 1.11. The molecule has 0 atom stereocenters. The van der Waals surface area contributed by atoms with Gasteiger partial charge in [0.15, 0.2) is 5.41 Å². The van der Waals surface area contributed by atoms with Crippen LogP contribution in [0.4, 0.5) is 0 Å². The third-order valence-electron chi connectivity index (χ3n) is 2.21. The van der Waals surface area contributed by atoms with Gasteiger partial charge in [0, 0.05) is 0 Å². The molecule has 0 unspecified atom stereocenters. The van der Waals surface area contributed by atoms with E-state index in [1.807, 2.05) is 0 Å². The van der Waals surface area contributed by atoms with Crippen LogP contribution in [-0.4, -0.2) is 22.2 Å². The number of hydrogen-bond donors (Lipinski definition) is 2. The largest absolute Gasteiger partial charge is 1.00 e.